The standard InChI is InChI=1S/C16H17N3O3S/c1-19-15(21)10-4-2-8(6-11(10)18-16(19)23)14(20)17-12-7-9-3-5-13(12)22-9/h2,4,6,9,12-13H,3,5,7H2,1H3,(H,17,20)(H,18,23). The van der Waals surface area contributed by atoms with Gasteiger partial charge in [-0.05, 0) is 49.7 Å². The second-order valence-corrected chi connectivity index (χ2v) is 6.63. The first-order chi connectivity index (χ1) is 11.0. The average molecular weight is 331 g/mol. The first kappa shape index (κ1) is 14.6. The number of ether oxygens (including phenoxy) is 1. The van der Waals surface area contributed by atoms with Gasteiger partial charge in [0.1, 0.15) is 0 Å². The zero-order valence-corrected chi connectivity index (χ0v) is 13.5. The van der Waals surface area contributed by atoms with Crippen LogP contribution in [-0.2, 0) is 11.8 Å². The van der Waals surface area contributed by atoms with Crippen molar-refractivity contribution in [2.75, 3.05) is 0 Å². The topological polar surface area (TPSA) is 76.1 Å². The molecule has 6 nitrogen and oxygen atoms in total. The predicted octanol–water partition coefficient (Wildman–Crippen LogP) is 1.65. The molecule has 0 saturated carbocycles. The second-order valence-electron chi connectivity index (χ2n) is 6.24. The summed E-state index contributed by atoms with van der Waals surface area (Å²) in [5.41, 5.74) is 0.923. The van der Waals surface area contributed by atoms with Crippen LogP contribution in [0.5, 0.6) is 0 Å². The number of H-pyrrole nitrogens is 1. The van der Waals surface area contributed by atoms with E-state index in [-0.39, 0.29) is 23.6 Å². The summed E-state index contributed by atoms with van der Waals surface area (Å²) in [6.45, 7) is 0. The van der Waals surface area contributed by atoms with Gasteiger partial charge in [-0.2, -0.15) is 0 Å². The van der Waals surface area contributed by atoms with Gasteiger partial charge in [0.2, 0.25) is 0 Å². The number of benzene rings is 1. The lowest BCUT2D eigenvalue weighted by atomic mass is 9.95. The maximum absolute atomic E-state index is 12.5. The van der Waals surface area contributed by atoms with Crippen molar-refractivity contribution >= 4 is 29.0 Å². The van der Waals surface area contributed by atoms with E-state index in [1.54, 1.807) is 25.2 Å². The Morgan fingerprint density at radius 2 is 2.26 bits per heavy atom. The molecule has 2 aromatic rings. The Kier molecular flexibility index (Phi) is 3.35. The van der Waals surface area contributed by atoms with Crippen molar-refractivity contribution < 1.29 is 9.53 Å². The van der Waals surface area contributed by atoms with Crippen LogP contribution in [0, 0.1) is 4.77 Å². The van der Waals surface area contributed by atoms with Crippen molar-refractivity contribution in [1.82, 2.24) is 14.9 Å². The molecule has 3 heterocycles. The lowest BCUT2D eigenvalue weighted by molar-refractivity contribution is 0.0841. The molecular formula is C16H17N3O3S. The minimum absolute atomic E-state index is 0.0825. The predicted molar refractivity (Wildman–Crippen MR) is 88.1 cm³/mol. The third-order valence-electron chi connectivity index (χ3n) is 4.79. The molecule has 7 heteroatoms. The van der Waals surface area contributed by atoms with Gasteiger partial charge in [0.05, 0.1) is 29.2 Å². The molecule has 1 amide bonds. The lowest BCUT2D eigenvalue weighted by Gasteiger charge is -2.20. The number of carbonyl (C=O) groups excluding carboxylic acids is 1. The summed E-state index contributed by atoms with van der Waals surface area (Å²) in [5.74, 6) is -0.145. The average Bonchev–Trinajstić information content (AvgIpc) is 3.15. The van der Waals surface area contributed by atoms with E-state index < -0.39 is 0 Å². The Bertz CT molecular complexity index is 917. The first-order valence-electron chi connectivity index (χ1n) is 7.72. The number of rotatable bonds is 2. The van der Waals surface area contributed by atoms with Gasteiger partial charge in [-0.25, -0.2) is 0 Å². The lowest BCUT2D eigenvalue weighted by Crippen LogP contribution is -2.41. The number of nitrogens with zero attached hydrogens (tertiary/aromatic N) is 1. The van der Waals surface area contributed by atoms with Crippen LogP contribution < -0.4 is 10.9 Å². The molecule has 2 saturated heterocycles. The third-order valence-corrected chi connectivity index (χ3v) is 5.16. The van der Waals surface area contributed by atoms with Crippen LogP contribution in [-0.4, -0.2) is 33.7 Å². The van der Waals surface area contributed by atoms with Gasteiger partial charge < -0.3 is 15.0 Å². The van der Waals surface area contributed by atoms with Crippen LogP contribution >= 0.6 is 12.2 Å². The van der Waals surface area contributed by atoms with Crippen molar-refractivity contribution in [3.05, 3.63) is 38.9 Å². The van der Waals surface area contributed by atoms with E-state index in [2.05, 4.69) is 10.3 Å². The molecule has 2 N–H and O–H groups in total. The minimum atomic E-state index is -0.169. The van der Waals surface area contributed by atoms with Crippen LogP contribution in [0.1, 0.15) is 29.6 Å². The fourth-order valence-corrected chi connectivity index (χ4v) is 3.68. The number of aromatic amines is 1. The summed E-state index contributed by atoms with van der Waals surface area (Å²) in [7, 11) is 1.62. The SMILES string of the molecule is Cn1c(=S)[nH]c2cc(C(=O)NC3CC4CCC3O4)ccc2c1=O. The van der Waals surface area contributed by atoms with Gasteiger partial charge in [0.25, 0.3) is 11.5 Å². The highest BCUT2D eigenvalue weighted by atomic mass is 32.1. The zero-order valence-electron chi connectivity index (χ0n) is 12.7. The maximum atomic E-state index is 12.5. The molecule has 1 aromatic carbocycles. The molecule has 2 bridgehead atoms. The quantitative estimate of drug-likeness (QED) is 0.821. The summed E-state index contributed by atoms with van der Waals surface area (Å²) in [6.07, 6.45) is 3.42. The number of aromatic nitrogens is 2. The molecule has 3 unspecified atom stereocenters. The van der Waals surface area contributed by atoms with Gasteiger partial charge in [0, 0.05) is 12.6 Å². The van der Waals surface area contributed by atoms with Crippen molar-refractivity contribution in [3.63, 3.8) is 0 Å². The van der Waals surface area contributed by atoms with Gasteiger partial charge >= 0.3 is 0 Å². The highest BCUT2D eigenvalue weighted by Crippen LogP contribution is 2.34. The van der Waals surface area contributed by atoms with Crippen molar-refractivity contribution in [1.29, 1.82) is 0 Å². The Morgan fingerprint density at radius 1 is 1.43 bits per heavy atom. The fraction of sp³-hybridized carbons (Fsp3) is 0.438. The van der Waals surface area contributed by atoms with Crippen LogP contribution in [0.25, 0.3) is 10.9 Å². The van der Waals surface area contributed by atoms with E-state index in [0.29, 0.717) is 27.3 Å². The van der Waals surface area contributed by atoms with Crippen LogP contribution in [0.15, 0.2) is 23.0 Å². The molecule has 0 spiro atoms. The molecule has 2 aliphatic heterocycles. The van der Waals surface area contributed by atoms with Gasteiger partial charge in [0.15, 0.2) is 4.77 Å². The van der Waals surface area contributed by atoms with Crippen LogP contribution in [0.3, 0.4) is 0 Å². The summed E-state index contributed by atoms with van der Waals surface area (Å²) in [5, 5.41) is 3.56. The number of fused-ring (bicyclic) bond motifs is 3. The molecule has 23 heavy (non-hydrogen) atoms. The van der Waals surface area contributed by atoms with Gasteiger partial charge in [-0.3, -0.25) is 14.2 Å². The number of carbonyl (C=O) groups is 1. The van der Waals surface area contributed by atoms with Gasteiger partial charge in [-0.15, -0.1) is 0 Å². The summed E-state index contributed by atoms with van der Waals surface area (Å²) >= 11 is 5.12. The van der Waals surface area contributed by atoms with E-state index in [4.69, 9.17) is 17.0 Å². The smallest absolute Gasteiger partial charge is 0.261 e. The Hall–Kier alpha value is -1.99. The van der Waals surface area contributed by atoms with Crippen molar-refractivity contribution in [2.24, 2.45) is 7.05 Å². The van der Waals surface area contributed by atoms with Crippen LogP contribution in [0.4, 0.5) is 0 Å². The van der Waals surface area contributed by atoms with Crippen molar-refractivity contribution in [3.8, 4) is 0 Å². The molecular weight excluding hydrogens is 314 g/mol. The molecule has 1 aromatic heterocycles. The monoisotopic (exact) mass is 331 g/mol. The van der Waals surface area contributed by atoms with E-state index in [1.165, 1.54) is 4.57 Å². The van der Waals surface area contributed by atoms with Crippen LogP contribution in [0.2, 0.25) is 0 Å². The largest absolute Gasteiger partial charge is 0.373 e. The molecule has 120 valence electrons. The molecule has 3 atom stereocenters. The molecule has 0 aliphatic carbocycles. The molecule has 2 fully saturated rings. The third kappa shape index (κ3) is 2.40. The van der Waals surface area contributed by atoms with Crippen molar-refractivity contribution in [2.45, 2.75) is 37.5 Å². The fourth-order valence-electron chi connectivity index (χ4n) is 3.49. The molecule has 2 aliphatic rings. The van der Waals surface area contributed by atoms with E-state index in [9.17, 15) is 9.59 Å². The summed E-state index contributed by atoms with van der Waals surface area (Å²) in [6, 6.07) is 5.09. The van der Waals surface area contributed by atoms with E-state index >= 15 is 0 Å². The van der Waals surface area contributed by atoms with Gasteiger partial charge in [-0.1, -0.05) is 0 Å². The second kappa shape index (κ2) is 5.28. The molecule has 4 rings (SSSR count). The molecule has 0 radical (unpaired) electrons. The number of nitrogens with one attached hydrogen (secondary N) is 2. The Morgan fingerprint density at radius 3 is 2.96 bits per heavy atom. The summed E-state index contributed by atoms with van der Waals surface area (Å²) in [4.78, 5) is 27.6. The Balaban J connectivity index is 1.64. The normalized spacial score (nSPS) is 25.9. The summed E-state index contributed by atoms with van der Waals surface area (Å²) < 4.78 is 7.47. The Labute approximate surface area is 137 Å². The highest BCUT2D eigenvalue weighted by Gasteiger charge is 2.41. The number of hydrogen-bond donors (Lipinski definition) is 2. The first-order valence-corrected chi connectivity index (χ1v) is 8.13. The van der Waals surface area contributed by atoms with E-state index in [1.807, 2.05) is 0 Å². The maximum Gasteiger partial charge on any atom is 0.261 e. The minimum Gasteiger partial charge on any atom is -0.373 e. The zero-order chi connectivity index (χ0) is 16.1. The highest BCUT2D eigenvalue weighted by molar-refractivity contribution is 7.71. The van der Waals surface area contributed by atoms with E-state index in [0.717, 1.165) is 19.3 Å². The number of hydrogen-bond acceptors (Lipinski definition) is 4. The number of amides is 1.